The molecule has 4 rings (SSSR count). The number of aromatic nitrogens is 1. The molecule has 7 nitrogen and oxygen atoms in total. The molecule has 2 aromatic carbocycles. The van der Waals surface area contributed by atoms with Crippen molar-refractivity contribution in [3.63, 3.8) is 0 Å². The number of rotatable bonds is 3. The number of aryl methyl sites for hydroxylation is 1. The highest BCUT2D eigenvalue weighted by molar-refractivity contribution is 6.06. The zero-order valence-corrected chi connectivity index (χ0v) is 12.9. The molecule has 0 radical (unpaired) electrons. The fraction of sp³-hybridized carbons (Fsp3) is 0.176. The first kappa shape index (κ1) is 14.4. The second-order valence-electron chi connectivity index (χ2n) is 5.32. The van der Waals surface area contributed by atoms with Crippen molar-refractivity contribution in [2.24, 2.45) is 0 Å². The van der Waals surface area contributed by atoms with Gasteiger partial charge in [0.25, 0.3) is 5.91 Å². The van der Waals surface area contributed by atoms with Gasteiger partial charge in [0.1, 0.15) is 0 Å². The Hall–Kier alpha value is -3.22. The molecule has 1 aromatic heterocycles. The normalized spacial score (nSPS) is 12.5. The van der Waals surface area contributed by atoms with E-state index < -0.39 is 5.76 Å². The highest BCUT2D eigenvalue weighted by atomic mass is 16.7. The molecule has 24 heavy (non-hydrogen) atoms. The summed E-state index contributed by atoms with van der Waals surface area (Å²) in [5.41, 5.74) is 2.09. The average Bonchev–Trinajstić information content (AvgIpc) is 3.16. The maximum atomic E-state index is 12.5. The summed E-state index contributed by atoms with van der Waals surface area (Å²) >= 11 is 0. The first-order chi connectivity index (χ1) is 11.7. The fourth-order valence-corrected chi connectivity index (χ4v) is 2.68. The SMILES string of the molecule is CCn1c(=O)oc2ccc(C(=O)Nc3ccc4c(c3)OCO4)cc21. The number of hydrogen-bond acceptors (Lipinski definition) is 5. The number of benzene rings is 2. The van der Waals surface area contributed by atoms with E-state index in [-0.39, 0.29) is 12.7 Å². The molecule has 0 saturated heterocycles. The Labute approximate surface area is 136 Å². The molecule has 7 heteroatoms. The number of hydrogen-bond donors (Lipinski definition) is 1. The van der Waals surface area contributed by atoms with Gasteiger partial charge in [-0.15, -0.1) is 0 Å². The van der Waals surface area contributed by atoms with E-state index in [1.54, 1.807) is 36.4 Å². The van der Waals surface area contributed by atoms with Crippen molar-refractivity contribution in [3.8, 4) is 11.5 Å². The van der Waals surface area contributed by atoms with E-state index >= 15 is 0 Å². The fourth-order valence-electron chi connectivity index (χ4n) is 2.68. The molecule has 1 N–H and O–H groups in total. The summed E-state index contributed by atoms with van der Waals surface area (Å²) in [5, 5.41) is 2.80. The van der Waals surface area contributed by atoms with Crippen molar-refractivity contribution >= 4 is 22.7 Å². The minimum atomic E-state index is -0.430. The van der Waals surface area contributed by atoms with Gasteiger partial charge in [0, 0.05) is 23.9 Å². The Morgan fingerprint density at radius 2 is 2.00 bits per heavy atom. The molecule has 0 aliphatic carbocycles. The van der Waals surface area contributed by atoms with Crippen LogP contribution in [0, 0.1) is 0 Å². The van der Waals surface area contributed by atoms with E-state index in [9.17, 15) is 9.59 Å². The van der Waals surface area contributed by atoms with Gasteiger partial charge >= 0.3 is 5.76 Å². The number of nitrogens with one attached hydrogen (secondary N) is 1. The lowest BCUT2D eigenvalue weighted by atomic mass is 10.2. The third-order valence-electron chi connectivity index (χ3n) is 3.88. The molecule has 0 fully saturated rings. The second-order valence-corrected chi connectivity index (χ2v) is 5.32. The van der Waals surface area contributed by atoms with Gasteiger partial charge in [-0.25, -0.2) is 4.79 Å². The largest absolute Gasteiger partial charge is 0.454 e. The molecular weight excluding hydrogens is 312 g/mol. The quantitative estimate of drug-likeness (QED) is 0.800. The van der Waals surface area contributed by atoms with Gasteiger partial charge in [-0.3, -0.25) is 9.36 Å². The highest BCUT2D eigenvalue weighted by Crippen LogP contribution is 2.34. The third kappa shape index (κ3) is 2.30. The molecule has 0 atom stereocenters. The number of oxazole rings is 1. The Bertz CT molecular complexity index is 1000. The number of carbonyl (C=O) groups excluding carboxylic acids is 1. The second kappa shape index (κ2) is 5.45. The Morgan fingerprint density at radius 3 is 2.83 bits per heavy atom. The summed E-state index contributed by atoms with van der Waals surface area (Å²) in [6.07, 6.45) is 0. The third-order valence-corrected chi connectivity index (χ3v) is 3.88. The maximum Gasteiger partial charge on any atom is 0.419 e. The van der Waals surface area contributed by atoms with Crippen molar-refractivity contribution in [1.82, 2.24) is 4.57 Å². The summed E-state index contributed by atoms with van der Waals surface area (Å²) in [5.74, 6) is 0.533. The zero-order chi connectivity index (χ0) is 16.7. The van der Waals surface area contributed by atoms with Crippen LogP contribution in [0.4, 0.5) is 5.69 Å². The molecule has 1 aliphatic rings. The lowest BCUT2D eigenvalue weighted by molar-refractivity contribution is 0.102. The first-order valence-electron chi connectivity index (χ1n) is 7.50. The van der Waals surface area contributed by atoms with Crippen LogP contribution in [-0.4, -0.2) is 17.3 Å². The molecule has 2 heterocycles. The smallest absolute Gasteiger partial charge is 0.419 e. The number of ether oxygens (including phenoxy) is 2. The number of amides is 1. The lowest BCUT2D eigenvalue weighted by Crippen LogP contribution is -2.14. The van der Waals surface area contributed by atoms with E-state index in [2.05, 4.69) is 5.32 Å². The average molecular weight is 326 g/mol. The number of nitrogens with zero attached hydrogens (tertiary/aromatic N) is 1. The Kier molecular flexibility index (Phi) is 3.26. The van der Waals surface area contributed by atoms with E-state index in [4.69, 9.17) is 13.9 Å². The maximum absolute atomic E-state index is 12.5. The highest BCUT2D eigenvalue weighted by Gasteiger charge is 2.16. The summed E-state index contributed by atoms with van der Waals surface area (Å²) in [6, 6.07) is 10.1. The van der Waals surface area contributed by atoms with Crippen LogP contribution in [0.3, 0.4) is 0 Å². The first-order valence-corrected chi connectivity index (χ1v) is 7.50. The summed E-state index contributed by atoms with van der Waals surface area (Å²) < 4.78 is 17.2. The lowest BCUT2D eigenvalue weighted by Gasteiger charge is -2.06. The molecule has 0 bridgehead atoms. The minimum absolute atomic E-state index is 0.179. The molecule has 0 unspecified atom stereocenters. The summed E-state index contributed by atoms with van der Waals surface area (Å²) in [4.78, 5) is 24.2. The molecule has 1 amide bonds. The topological polar surface area (TPSA) is 82.7 Å². The van der Waals surface area contributed by atoms with Crippen LogP contribution in [-0.2, 0) is 6.54 Å². The Morgan fingerprint density at radius 1 is 1.17 bits per heavy atom. The van der Waals surface area contributed by atoms with Gasteiger partial charge in [0.15, 0.2) is 17.1 Å². The Balaban J connectivity index is 1.64. The summed E-state index contributed by atoms with van der Waals surface area (Å²) in [6.45, 7) is 2.49. The predicted molar refractivity (Wildman–Crippen MR) is 86.7 cm³/mol. The van der Waals surface area contributed by atoms with Gasteiger partial charge in [-0.05, 0) is 37.3 Å². The van der Waals surface area contributed by atoms with E-state index in [1.807, 2.05) is 6.92 Å². The van der Waals surface area contributed by atoms with Crippen LogP contribution in [0.2, 0.25) is 0 Å². The van der Waals surface area contributed by atoms with Crippen LogP contribution < -0.4 is 20.5 Å². The van der Waals surface area contributed by atoms with Gasteiger partial charge < -0.3 is 19.2 Å². The van der Waals surface area contributed by atoms with Crippen molar-refractivity contribution < 1.29 is 18.7 Å². The minimum Gasteiger partial charge on any atom is -0.454 e. The van der Waals surface area contributed by atoms with Crippen molar-refractivity contribution in [2.75, 3.05) is 12.1 Å². The number of carbonyl (C=O) groups is 1. The van der Waals surface area contributed by atoms with Gasteiger partial charge in [-0.2, -0.15) is 0 Å². The van der Waals surface area contributed by atoms with E-state index in [1.165, 1.54) is 4.57 Å². The predicted octanol–water partition coefficient (Wildman–Crippen LogP) is 2.60. The molecule has 3 aromatic rings. The van der Waals surface area contributed by atoms with E-state index in [0.717, 1.165) is 0 Å². The molecule has 0 saturated carbocycles. The molecule has 122 valence electrons. The van der Waals surface area contributed by atoms with Crippen molar-refractivity contribution in [1.29, 1.82) is 0 Å². The van der Waals surface area contributed by atoms with Crippen LogP contribution in [0.15, 0.2) is 45.6 Å². The summed E-state index contributed by atoms with van der Waals surface area (Å²) in [7, 11) is 0. The van der Waals surface area contributed by atoms with Crippen LogP contribution >= 0.6 is 0 Å². The van der Waals surface area contributed by atoms with Crippen molar-refractivity contribution in [3.05, 3.63) is 52.5 Å². The van der Waals surface area contributed by atoms with Crippen LogP contribution in [0.5, 0.6) is 11.5 Å². The molecule has 1 aliphatic heterocycles. The molecule has 0 spiro atoms. The monoisotopic (exact) mass is 326 g/mol. The van der Waals surface area contributed by atoms with Gasteiger partial charge in [0.2, 0.25) is 6.79 Å². The standard InChI is InChI=1S/C17H14N2O5/c1-2-19-12-7-10(3-5-13(12)24-17(19)21)16(20)18-11-4-6-14-15(8-11)23-9-22-14/h3-8H,2,9H2,1H3,(H,18,20). The van der Waals surface area contributed by atoms with Crippen molar-refractivity contribution in [2.45, 2.75) is 13.5 Å². The molecular formula is C17H14N2O5. The van der Waals surface area contributed by atoms with E-state index in [0.29, 0.717) is 40.4 Å². The van der Waals surface area contributed by atoms with Crippen LogP contribution in [0.25, 0.3) is 11.1 Å². The number of anilines is 1. The zero-order valence-electron chi connectivity index (χ0n) is 12.9. The van der Waals surface area contributed by atoms with Gasteiger partial charge in [-0.1, -0.05) is 0 Å². The number of fused-ring (bicyclic) bond motifs is 2. The van der Waals surface area contributed by atoms with Gasteiger partial charge in [0.05, 0.1) is 5.52 Å². The van der Waals surface area contributed by atoms with Crippen LogP contribution in [0.1, 0.15) is 17.3 Å².